The summed E-state index contributed by atoms with van der Waals surface area (Å²) in [5, 5.41) is 0.634. The molecule has 2 rings (SSSR count). The van der Waals surface area contributed by atoms with Crippen LogP contribution in [0.25, 0.3) is 0 Å². The number of benzene rings is 1. The van der Waals surface area contributed by atoms with Crippen LogP contribution in [0.15, 0.2) is 18.2 Å². The highest BCUT2D eigenvalue weighted by atomic mass is 35.5. The van der Waals surface area contributed by atoms with Crippen molar-refractivity contribution in [3.63, 3.8) is 0 Å². The van der Waals surface area contributed by atoms with Gasteiger partial charge in [-0.15, -0.1) is 0 Å². The molecular formula is C14H21ClN2O2. The van der Waals surface area contributed by atoms with E-state index in [0.717, 1.165) is 31.7 Å². The third-order valence-corrected chi connectivity index (χ3v) is 3.49. The molecule has 4 nitrogen and oxygen atoms in total. The first-order valence-corrected chi connectivity index (χ1v) is 6.98. The second kappa shape index (κ2) is 7.10. The minimum atomic E-state index is 0.110. The summed E-state index contributed by atoms with van der Waals surface area (Å²) in [5.74, 6) is 0.708. The molecule has 1 aromatic carbocycles. The molecule has 19 heavy (non-hydrogen) atoms. The lowest BCUT2D eigenvalue weighted by Gasteiger charge is -2.29. The van der Waals surface area contributed by atoms with E-state index in [1.54, 1.807) is 0 Å². The van der Waals surface area contributed by atoms with E-state index >= 15 is 0 Å². The van der Waals surface area contributed by atoms with Crippen molar-refractivity contribution in [1.29, 1.82) is 0 Å². The molecular weight excluding hydrogens is 264 g/mol. The van der Waals surface area contributed by atoms with Gasteiger partial charge in [0.05, 0.1) is 11.6 Å². The monoisotopic (exact) mass is 284 g/mol. The third-order valence-electron chi connectivity index (χ3n) is 3.20. The van der Waals surface area contributed by atoms with Crippen LogP contribution in [0.3, 0.4) is 0 Å². The molecule has 1 heterocycles. The maximum absolute atomic E-state index is 6.19. The highest BCUT2D eigenvalue weighted by Gasteiger charge is 2.18. The Balaban J connectivity index is 1.88. The first-order valence-electron chi connectivity index (χ1n) is 6.60. The quantitative estimate of drug-likeness (QED) is 0.891. The maximum Gasteiger partial charge on any atom is 0.138 e. The van der Waals surface area contributed by atoms with E-state index in [1.807, 2.05) is 18.2 Å². The molecule has 1 unspecified atom stereocenters. The average Bonchev–Trinajstić information content (AvgIpc) is 2.38. The summed E-state index contributed by atoms with van der Waals surface area (Å²) in [6.07, 6.45) is 0.940. The van der Waals surface area contributed by atoms with E-state index in [2.05, 4.69) is 11.9 Å². The first-order chi connectivity index (χ1) is 9.19. The molecule has 1 aromatic rings. The fourth-order valence-corrected chi connectivity index (χ4v) is 2.39. The molecule has 5 heteroatoms. The Labute approximate surface area is 119 Å². The van der Waals surface area contributed by atoms with Gasteiger partial charge in [-0.1, -0.05) is 17.7 Å². The van der Waals surface area contributed by atoms with Gasteiger partial charge >= 0.3 is 0 Å². The minimum absolute atomic E-state index is 0.110. The van der Waals surface area contributed by atoms with Gasteiger partial charge in [0.1, 0.15) is 18.5 Å². The van der Waals surface area contributed by atoms with E-state index in [4.69, 9.17) is 26.8 Å². The molecule has 1 fully saturated rings. The molecule has 106 valence electrons. The second-order valence-corrected chi connectivity index (χ2v) is 5.28. The van der Waals surface area contributed by atoms with Crippen molar-refractivity contribution in [3.05, 3.63) is 28.8 Å². The Morgan fingerprint density at radius 3 is 3.05 bits per heavy atom. The zero-order valence-electron chi connectivity index (χ0n) is 11.3. The third kappa shape index (κ3) is 4.35. The SMILES string of the molecule is CN1CCOC(COc2ccc(CCN)cc2Cl)C1. The average molecular weight is 285 g/mol. The summed E-state index contributed by atoms with van der Waals surface area (Å²) in [6, 6.07) is 5.82. The van der Waals surface area contributed by atoms with E-state index in [-0.39, 0.29) is 6.10 Å². The zero-order valence-corrected chi connectivity index (χ0v) is 12.0. The smallest absolute Gasteiger partial charge is 0.138 e. The van der Waals surface area contributed by atoms with Gasteiger partial charge in [-0.05, 0) is 37.7 Å². The molecule has 0 bridgehead atoms. The summed E-state index contributed by atoms with van der Waals surface area (Å²) < 4.78 is 11.4. The van der Waals surface area contributed by atoms with Crippen LogP contribution >= 0.6 is 11.6 Å². The standard InChI is InChI=1S/C14H21ClN2O2/c1-17-6-7-18-12(9-17)10-19-14-3-2-11(4-5-16)8-13(14)15/h2-3,8,12H,4-7,9-10,16H2,1H3. The van der Waals surface area contributed by atoms with Gasteiger partial charge in [-0.2, -0.15) is 0 Å². The van der Waals surface area contributed by atoms with Gasteiger partial charge in [-0.3, -0.25) is 0 Å². The largest absolute Gasteiger partial charge is 0.489 e. The van der Waals surface area contributed by atoms with Crippen LogP contribution < -0.4 is 10.5 Å². The van der Waals surface area contributed by atoms with Crippen LogP contribution in [0, 0.1) is 0 Å². The lowest BCUT2D eigenvalue weighted by Crippen LogP contribution is -2.42. The van der Waals surface area contributed by atoms with Crippen LogP contribution in [-0.4, -0.2) is 50.9 Å². The van der Waals surface area contributed by atoms with Crippen molar-refractivity contribution < 1.29 is 9.47 Å². The predicted octanol–water partition coefficient (Wildman–Crippen LogP) is 1.55. The van der Waals surface area contributed by atoms with Crippen molar-refractivity contribution in [2.75, 3.05) is 39.9 Å². The lowest BCUT2D eigenvalue weighted by molar-refractivity contribution is -0.0403. The second-order valence-electron chi connectivity index (χ2n) is 4.87. The Morgan fingerprint density at radius 1 is 1.53 bits per heavy atom. The van der Waals surface area contributed by atoms with Crippen molar-refractivity contribution >= 4 is 11.6 Å². The fourth-order valence-electron chi connectivity index (χ4n) is 2.13. The number of likely N-dealkylation sites (N-methyl/N-ethyl adjacent to an activating group) is 1. The summed E-state index contributed by atoms with van der Waals surface area (Å²) in [7, 11) is 2.09. The van der Waals surface area contributed by atoms with Gasteiger partial charge in [0, 0.05) is 13.1 Å². The van der Waals surface area contributed by atoms with E-state index in [9.17, 15) is 0 Å². The van der Waals surface area contributed by atoms with Crippen LogP contribution in [0.4, 0.5) is 0 Å². The maximum atomic E-state index is 6.19. The molecule has 1 saturated heterocycles. The molecule has 2 N–H and O–H groups in total. The minimum Gasteiger partial charge on any atom is -0.489 e. The topological polar surface area (TPSA) is 47.7 Å². The Bertz CT molecular complexity index is 414. The number of hydrogen-bond acceptors (Lipinski definition) is 4. The van der Waals surface area contributed by atoms with Crippen molar-refractivity contribution in [2.45, 2.75) is 12.5 Å². The van der Waals surface area contributed by atoms with E-state index in [1.165, 1.54) is 0 Å². The Kier molecular flexibility index (Phi) is 5.45. The number of nitrogens with two attached hydrogens (primary N) is 1. The molecule has 0 amide bonds. The van der Waals surface area contributed by atoms with Gasteiger partial charge in [0.2, 0.25) is 0 Å². The number of ether oxygens (including phenoxy) is 2. The van der Waals surface area contributed by atoms with Crippen LogP contribution in [0.1, 0.15) is 5.56 Å². The number of morpholine rings is 1. The normalized spacial score (nSPS) is 20.5. The molecule has 0 aliphatic carbocycles. The van der Waals surface area contributed by atoms with Gasteiger partial charge in [0.15, 0.2) is 0 Å². The molecule has 1 aliphatic rings. The van der Waals surface area contributed by atoms with Crippen molar-refractivity contribution in [3.8, 4) is 5.75 Å². The Morgan fingerprint density at radius 2 is 2.37 bits per heavy atom. The number of hydrogen-bond donors (Lipinski definition) is 1. The number of halogens is 1. The lowest BCUT2D eigenvalue weighted by atomic mass is 10.1. The van der Waals surface area contributed by atoms with Crippen LogP contribution in [0.2, 0.25) is 5.02 Å². The molecule has 0 radical (unpaired) electrons. The zero-order chi connectivity index (χ0) is 13.7. The fraction of sp³-hybridized carbons (Fsp3) is 0.571. The Hall–Kier alpha value is -0.810. The van der Waals surface area contributed by atoms with Crippen molar-refractivity contribution in [1.82, 2.24) is 4.90 Å². The van der Waals surface area contributed by atoms with Gasteiger partial charge < -0.3 is 20.1 Å². The van der Waals surface area contributed by atoms with Crippen molar-refractivity contribution in [2.24, 2.45) is 5.73 Å². The summed E-state index contributed by atoms with van der Waals surface area (Å²) >= 11 is 6.19. The molecule has 1 aliphatic heterocycles. The van der Waals surface area contributed by atoms with Gasteiger partial charge in [-0.25, -0.2) is 0 Å². The van der Waals surface area contributed by atoms with E-state index in [0.29, 0.717) is 23.9 Å². The molecule has 0 spiro atoms. The molecule has 0 aromatic heterocycles. The highest BCUT2D eigenvalue weighted by Crippen LogP contribution is 2.26. The summed E-state index contributed by atoms with van der Waals surface area (Å²) in [5.41, 5.74) is 6.66. The van der Waals surface area contributed by atoms with Crippen LogP contribution in [0.5, 0.6) is 5.75 Å². The highest BCUT2D eigenvalue weighted by molar-refractivity contribution is 6.32. The first kappa shape index (κ1) is 14.6. The summed E-state index contributed by atoms with van der Waals surface area (Å²) in [6.45, 7) is 3.78. The molecule has 0 saturated carbocycles. The van der Waals surface area contributed by atoms with Gasteiger partial charge in [0.25, 0.3) is 0 Å². The predicted molar refractivity (Wildman–Crippen MR) is 76.9 cm³/mol. The summed E-state index contributed by atoms with van der Waals surface area (Å²) in [4.78, 5) is 2.24. The van der Waals surface area contributed by atoms with E-state index < -0.39 is 0 Å². The molecule has 1 atom stereocenters. The number of nitrogens with zero attached hydrogens (tertiary/aromatic N) is 1. The van der Waals surface area contributed by atoms with Crippen LogP contribution in [-0.2, 0) is 11.2 Å². The number of rotatable bonds is 5.